The van der Waals surface area contributed by atoms with Gasteiger partial charge in [0.25, 0.3) is 0 Å². The summed E-state index contributed by atoms with van der Waals surface area (Å²) in [7, 11) is 0. The molecule has 0 spiro atoms. The molecule has 1 aromatic rings. The van der Waals surface area contributed by atoms with Crippen molar-refractivity contribution in [3.8, 4) is 6.07 Å². The number of rotatable bonds is 3. The maximum Gasteiger partial charge on any atom is 0.168 e. The molecule has 0 bridgehead atoms. The van der Waals surface area contributed by atoms with Gasteiger partial charge in [0.15, 0.2) is 5.78 Å². The molecule has 0 saturated carbocycles. The van der Waals surface area contributed by atoms with Crippen LogP contribution in [0.25, 0.3) is 0 Å². The first-order valence-electron chi connectivity index (χ1n) is 5.17. The zero-order valence-corrected chi connectivity index (χ0v) is 9.67. The summed E-state index contributed by atoms with van der Waals surface area (Å²) in [4.78, 5) is 12.0. The first kappa shape index (κ1) is 12.4. The summed E-state index contributed by atoms with van der Waals surface area (Å²) in [5.74, 6) is -0.737. The molecule has 0 N–H and O–H groups in total. The topological polar surface area (TPSA) is 40.9 Å². The molecule has 84 valence electrons. The van der Waals surface area contributed by atoms with Gasteiger partial charge in [-0.15, -0.1) is 0 Å². The maximum atomic E-state index is 13.3. The molecule has 2 nitrogen and oxygen atoms in total. The monoisotopic (exact) mass is 219 g/mol. The van der Waals surface area contributed by atoms with E-state index in [4.69, 9.17) is 5.26 Å². The molecule has 0 saturated heterocycles. The van der Waals surface area contributed by atoms with Crippen LogP contribution in [0.4, 0.5) is 4.39 Å². The Morgan fingerprint density at radius 1 is 1.50 bits per heavy atom. The highest BCUT2D eigenvalue weighted by atomic mass is 19.1. The summed E-state index contributed by atoms with van der Waals surface area (Å²) < 4.78 is 13.3. The number of hydrogen-bond acceptors (Lipinski definition) is 2. The van der Waals surface area contributed by atoms with Gasteiger partial charge in [0, 0.05) is 11.0 Å². The SMILES string of the molecule is CCC(C)(C)C(=O)c1ccc(C#N)c(F)c1. The number of nitriles is 1. The van der Waals surface area contributed by atoms with Crippen molar-refractivity contribution in [3.05, 3.63) is 35.1 Å². The highest BCUT2D eigenvalue weighted by molar-refractivity contribution is 6.00. The third-order valence-corrected chi connectivity index (χ3v) is 2.85. The molecule has 3 heteroatoms. The van der Waals surface area contributed by atoms with Gasteiger partial charge in [-0.2, -0.15) is 5.26 Å². The van der Waals surface area contributed by atoms with Crippen LogP contribution in [0.1, 0.15) is 43.1 Å². The average molecular weight is 219 g/mol. The van der Waals surface area contributed by atoms with Gasteiger partial charge in [-0.05, 0) is 24.6 Å². The number of carbonyl (C=O) groups is 1. The minimum Gasteiger partial charge on any atom is -0.294 e. The third kappa shape index (κ3) is 2.27. The fourth-order valence-electron chi connectivity index (χ4n) is 1.30. The van der Waals surface area contributed by atoms with E-state index in [-0.39, 0.29) is 11.3 Å². The molecule has 1 aromatic carbocycles. The summed E-state index contributed by atoms with van der Waals surface area (Å²) in [5.41, 5.74) is -0.213. The molecule has 0 aliphatic heterocycles. The Balaban J connectivity index is 3.13. The Kier molecular flexibility index (Phi) is 3.44. The Morgan fingerprint density at radius 2 is 2.12 bits per heavy atom. The van der Waals surface area contributed by atoms with Crippen molar-refractivity contribution >= 4 is 5.78 Å². The van der Waals surface area contributed by atoms with E-state index in [1.165, 1.54) is 12.1 Å². The van der Waals surface area contributed by atoms with Gasteiger partial charge in [-0.3, -0.25) is 4.79 Å². The van der Waals surface area contributed by atoms with E-state index in [1.807, 2.05) is 20.8 Å². The molecule has 0 aromatic heterocycles. The van der Waals surface area contributed by atoms with Crippen molar-refractivity contribution in [2.45, 2.75) is 27.2 Å². The normalized spacial score (nSPS) is 10.9. The van der Waals surface area contributed by atoms with Crippen molar-refractivity contribution in [2.75, 3.05) is 0 Å². The lowest BCUT2D eigenvalue weighted by atomic mass is 9.82. The van der Waals surface area contributed by atoms with Crippen molar-refractivity contribution in [2.24, 2.45) is 5.41 Å². The van der Waals surface area contributed by atoms with Crippen LogP contribution >= 0.6 is 0 Å². The number of ketones is 1. The molecule has 0 radical (unpaired) electrons. The molecular formula is C13H14FNO. The van der Waals surface area contributed by atoms with Gasteiger partial charge in [0.05, 0.1) is 5.56 Å². The molecule has 0 aliphatic carbocycles. The van der Waals surface area contributed by atoms with Crippen LogP contribution in [0.5, 0.6) is 0 Å². The lowest BCUT2D eigenvalue weighted by Gasteiger charge is -2.20. The third-order valence-electron chi connectivity index (χ3n) is 2.85. The number of carbonyl (C=O) groups excluding carboxylic acids is 1. The minimum absolute atomic E-state index is 0.0362. The number of hydrogen-bond donors (Lipinski definition) is 0. The molecule has 0 aliphatic rings. The van der Waals surface area contributed by atoms with Crippen LogP contribution in [0.3, 0.4) is 0 Å². The predicted molar refractivity (Wildman–Crippen MR) is 59.5 cm³/mol. The van der Waals surface area contributed by atoms with Crippen molar-refractivity contribution in [1.82, 2.24) is 0 Å². The van der Waals surface area contributed by atoms with E-state index < -0.39 is 11.2 Å². The number of nitrogens with zero attached hydrogens (tertiary/aromatic N) is 1. The van der Waals surface area contributed by atoms with Gasteiger partial charge in [-0.25, -0.2) is 4.39 Å². The number of Topliss-reactive ketones (excluding diaryl/α,β-unsaturated/α-hetero) is 1. The Labute approximate surface area is 94.7 Å². The zero-order chi connectivity index (χ0) is 12.3. The Morgan fingerprint density at radius 3 is 2.56 bits per heavy atom. The molecule has 0 atom stereocenters. The summed E-state index contributed by atoms with van der Waals surface area (Å²) >= 11 is 0. The van der Waals surface area contributed by atoms with E-state index in [1.54, 1.807) is 6.07 Å². The summed E-state index contributed by atoms with van der Waals surface area (Å²) in [6.45, 7) is 5.56. The Hall–Kier alpha value is -1.69. The summed E-state index contributed by atoms with van der Waals surface area (Å²) in [6, 6.07) is 5.71. The van der Waals surface area contributed by atoms with Crippen LogP contribution in [0, 0.1) is 22.6 Å². The van der Waals surface area contributed by atoms with Crippen LogP contribution in [-0.4, -0.2) is 5.78 Å². The van der Waals surface area contributed by atoms with Crippen LogP contribution < -0.4 is 0 Å². The van der Waals surface area contributed by atoms with Gasteiger partial charge in [0.1, 0.15) is 11.9 Å². The highest BCUT2D eigenvalue weighted by Gasteiger charge is 2.26. The van der Waals surface area contributed by atoms with Crippen LogP contribution in [-0.2, 0) is 0 Å². The second kappa shape index (κ2) is 4.44. The highest BCUT2D eigenvalue weighted by Crippen LogP contribution is 2.26. The van der Waals surface area contributed by atoms with E-state index in [0.717, 1.165) is 6.07 Å². The second-order valence-electron chi connectivity index (χ2n) is 4.37. The van der Waals surface area contributed by atoms with Gasteiger partial charge in [-0.1, -0.05) is 20.8 Å². The molecular weight excluding hydrogens is 205 g/mol. The number of halogens is 1. The van der Waals surface area contributed by atoms with E-state index in [9.17, 15) is 9.18 Å². The first-order valence-corrected chi connectivity index (χ1v) is 5.17. The molecule has 0 fully saturated rings. The lowest BCUT2D eigenvalue weighted by Crippen LogP contribution is -2.23. The fourth-order valence-corrected chi connectivity index (χ4v) is 1.30. The second-order valence-corrected chi connectivity index (χ2v) is 4.37. The van der Waals surface area contributed by atoms with E-state index in [2.05, 4.69) is 0 Å². The standard InChI is InChI=1S/C13H14FNO/c1-4-13(2,3)12(16)9-5-6-10(8-15)11(14)7-9/h5-7H,4H2,1-3H3. The molecule has 0 unspecified atom stereocenters. The maximum absolute atomic E-state index is 13.3. The predicted octanol–water partition coefficient (Wildman–Crippen LogP) is 3.32. The Bertz CT molecular complexity index is 457. The van der Waals surface area contributed by atoms with Crippen molar-refractivity contribution < 1.29 is 9.18 Å². The number of benzene rings is 1. The average Bonchev–Trinajstić information content (AvgIpc) is 2.27. The smallest absolute Gasteiger partial charge is 0.168 e. The zero-order valence-electron chi connectivity index (χ0n) is 9.67. The molecule has 1 rings (SSSR count). The molecule has 0 heterocycles. The summed E-state index contributed by atoms with van der Waals surface area (Å²) in [5, 5.41) is 8.58. The molecule has 16 heavy (non-hydrogen) atoms. The van der Waals surface area contributed by atoms with Gasteiger partial charge >= 0.3 is 0 Å². The first-order chi connectivity index (χ1) is 7.42. The van der Waals surface area contributed by atoms with Crippen LogP contribution in [0.2, 0.25) is 0 Å². The van der Waals surface area contributed by atoms with Crippen molar-refractivity contribution in [1.29, 1.82) is 5.26 Å². The van der Waals surface area contributed by atoms with E-state index in [0.29, 0.717) is 12.0 Å². The quantitative estimate of drug-likeness (QED) is 0.732. The van der Waals surface area contributed by atoms with Gasteiger partial charge in [0.2, 0.25) is 0 Å². The fraction of sp³-hybridized carbons (Fsp3) is 0.385. The van der Waals surface area contributed by atoms with Crippen molar-refractivity contribution in [3.63, 3.8) is 0 Å². The largest absolute Gasteiger partial charge is 0.294 e. The lowest BCUT2D eigenvalue weighted by molar-refractivity contribution is 0.0832. The molecule has 0 amide bonds. The van der Waals surface area contributed by atoms with Gasteiger partial charge < -0.3 is 0 Å². The van der Waals surface area contributed by atoms with E-state index >= 15 is 0 Å². The van der Waals surface area contributed by atoms with Crippen LogP contribution in [0.15, 0.2) is 18.2 Å². The summed E-state index contributed by atoms with van der Waals surface area (Å²) in [6.07, 6.45) is 0.688. The minimum atomic E-state index is -0.639.